The Morgan fingerprint density at radius 2 is 1.71 bits per heavy atom. The minimum atomic E-state index is -0.834. The summed E-state index contributed by atoms with van der Waals surface area (Å²) in [5.41, 5.74) is 1.01. The quantitative estimate of drug-likeness (QED) is 0.323. The summed E-state index contributed by atoms with van der Waals surface area (Å²) in [7, 11) is 0. The van der Waals surface area contributed by atoms with Crippen molar-refractivity contribution in [3.8, 4) is 0 Å². The molecule has 0 aliphatic heterocycles. The van der Waals surface area contributed by atoms with Gasteiger partial charge < -0.3 is 9.84 Å². The van der Waals surface area contributed by atoms with E-state index in [4.69, 9.17) is 22.1 Å². The van der Waals surface area contributed by atoms with Crippen LogP contribution in [0.25, 0.3) is 0 Å². The molecule has 0 amide bonds. The van der Waals surface area contributed by atoms with E-state index in [-0.39, 0.29) is 11.9 Å². The highest BCUT2D eigenvalue weighted by Gasteiger charge is 2.60. The van der Waals surface area contributed by atoms with Crippen LogP contribution in [0, 0.1) is 52.3 Å². The normalized spacial score (nSPS) is 41.5. The number of hydrogen-bond donors (Lipinski definition) is 1. The molecule has 0 bridgehead atoms. The molecule has 4 saturated carbocycles. The number of thiocarbonyl (C=S) groups is 1. The second-order valence-electron chi connectivity index (χ2n) is 13.6. The Bertz CT molecular complexity index is 769. The molecule has 0 radical (unpaired) electrons. The van der Waals surface area contributed by atoms with Gasteiger partial charge in [-0.25, -0.2) is 0 Å². The van der Waals surface area contributed by atoms with E-state index in [0.29, 0.717) is 15.2 Å². The van der Waals surface area contributed by atoms with E-state index in [9.17, 15) is 4.79 Å². The summed E-state index contributed by atoms with van der Waals surface area (Å²) in [6.45, 7) is 12.6. The maximum absolute atomic E-state index is 10.9. The van der Waals surface area contributed by atoms with Gasteiger partial charge >= 0.3 is 5.97 Å². The van der Waals surface area contributed by atoms with Crippen molar-refractivity contribution in [2.75, 3.05) is 5.75 Å². The summed E-state index contributed by atoms with van der Waals surface area (Å²) < 4.78 is 6.49. The largest absolute Gasteiger partial charge is 0.481 e. The van der Waals surface area contributed by atoms with Gasteiger partial charge in [0.15, 0.2) is 0 Å². The maximum Gasteiger partial charge on any atom is 0.313 e. The van der Waals surface area contributed by atoms with Crippen molar-refractivity contribution >= 4 is 34.3 Å². The van der Waals surface area contributed by atoms with Crippen molar-refractivity contribution in [1.29, 1.82) is 0 Å². The molecule has 5 heteroatoms. The van der Waals surface area contributed by atoms with Crippen molar-refractivity contribution in [3.63, 3.8) is 0 Å². The first-order valence-electron chi connectivity index (χ1n) is 14.6. The molecule has 0 aromatic carbocycles. The fourth-order valence-electron chi connectivity index (χ4n) is 9.64. The lowest BCUT2D eigenvalue weighted by Gasteiger charge is -2.61. The van der Waals surface area contributed by atoms with Crippen LogP contribution < -0.4 is 0 Å². The fraction of sp³-hybridized carbons (Fsp3) is 0.933. The van der Waals surface area contributed by atoms with Crippen LogP contribution in [0.2, 0.25) is 0 Å². The standard InChI is InChI=1S/C30H50O3S2/c1-19(2)7-6-8-20(3)24-11-12-25-23-10-9-21-17-22(33-28(34)35-18-27(31)32)13-15-29(21,4)26(23)14-16-30(24,25)5/h19-26H,6-18H2,1-5H3,(H,31,32)/t20-,21+,22+,23+,24-,25+,26+,29+,30-/m1/s1. The molecule has 0 spiro atoms. The van der Waals surface area contributed by atoms with E-state index < -0.39 is 5.97 Å². The molecule has 35 heavy (non-hydrogen) atoms. The van der Waals surface area contributed by atoms with Crippen molar-refractivity contribution in [3.05, 3.63) is 0 Å². The van der Waals surface area contributed by atoms with Crippen LogP contribution in [-0.2, 0) is 9.53 Å². The smallest absolute Gasteiger partial charge is 0.313 e. The highest BCUT2D eigenvalue weighted by Crippen LogP contribution is 2.68. The highest BCUT2D eigenvalue weighted by atomic mass is 32.2. The summed E-state index contributed by atoms with van der Waals surface area (Å²) in [5.74, 6) is 5.27. The number of thioether (sulfide) groups is 1. The van der Waals surface area contributed by atoms with Gasteiger partial charge in [-0.3, -0.25) is 4.79 Å². The Balaban J connectivity index is 1.37. The predicted molar refractivity (Wildman–Crippen MR) is 151 cm³/mol. The predicted octanol–water partition coefficient (Wildman–Crippen LogP) is 8.60. The van der Waals surface area contributed by atoms with Gasteiger partial charge in [0, 0.05) is 0 Å². The molecule has 3 nitrogen and oxygen atoms in total. The number of rotatable bonds is 8. The van der Waals surface area contributed by atoms with E-state index in [1.54, 1.807) is 0 Å². The minimum absolute atomic E-state index is 0.00601. The molecule has 9 atom stereocenters. The summed E-state index contributed by atoms with van der Waals surface area (Å²) in [4.78, 5) is 10.9. The monoisotopic (exact) mass is 522 g/mol. The molecule has 4 fully saturated rings. The molecule has 0 heterocycles. The van der Waals surface area contributed by atoms with Gasteiger partial charge in [-0.1, -0.05) is 65.6 Å². The maximum atomic E-state index is 10.9. The Kier molecular flexibility index (Phi) is 8.89. The lowest BCUT2D eigenvalue weighted by Crippen LogP contribution is -2.54. The summed E-state index contributed by atoms with van der Waals surface area (Å²) in [5, 5.41) is 8.92. The van der Waals surface area contributed by atoms with Gasteiger partial charge in [-0.2, -0.15) is 0 Å². The molecule has 4 aliphatic rings. The first kappa shape index (κ1) is 27.7. The molecule has 0 aromatic heterocycles. The molecule has 1 N–H and O–H groups in total. The van der Waals surface area contributed by atoms with Gasteiger partial charge in [0.2, 0.25) is 4.38 Å². The average Bonchev–Trinajstić information content (AvgIpc) is 3.15. The number of carboxylic acids is 1. The van der Waals surface area contributed by atoms with Crippen molar-refractivity contribution in [1.82, 2.24) is 0 Å². The van der Waals surface area contributed by atoms with Crippen LogP contribution in [0.3, 0.4) is 0 Å². The van der Waals surface area contributed by atoms with E-state index in [1.807, 2.05) is 0 Å². The number of fused-ring (bicyclic) bond motifs is 5. The number of ether oxygens (including phenoxy) is 1. The second kappa shape index (κ2) is 11.2. The van der Waals surface area contributed by atoms with E-state index in [0.717, 1.165) is 66.0 Å². The van der Waals surface area contributed by atoms with Crippen molar-refractivity contribution in [2.45, 2.75) is 118 Å². The Hall–Kier alpha value is -0.290. The molecule has 0 unspecified atom stereocenters. The lowest BCUT2D eigenvalue weighted by molar-refractivity contribution is -0.133. The zero-order valence-electron chi connectivity index (χ0n) is 22.9. The van der Waals surface area contributed by atoms with Crippen LogP contribution in [0.15, 0.2) is 0 Å². The van der Waals surface area contributed by atoms with Gasteiger partial charge in [0.25, 0.3) is 0 Å². The second-order valence-corrected chi connectivity index (χ2v) is 15.2. The first-order chi connectivity index (χ1) is 16.5. The Morgan fingerprint density at radius 3 is 2.43 bits per heavy atom. The fourth-order valence-corrected chi connectivity index (χ4v) is 10.4. The van der Waals surface area contributed by atoms with Crippen molar-refractivity contribution < 1.29 is 14.6 Å². The van der Waals surface area contributed by atoms with Gasteiger partial charge in [-0.15, -0.1) is 0 Å². The van der Waals surface area contributed by atoms with Gasteiger partial charge in [0.05, 0.1) is 5.75 Å². The lowest BCUT2D eigenvalue weighted by atomic mass is 9.44. The molecular formula is C30H50O3S2. The molecule has 4 rings (SSSR count). The molecule has 0 aromatic rings. The number of aliphatic carboxylic acids is 1. The third-order valence-electron chi connectivity index (χ3n) is 11.4. The molecule has 0 saturated heterocycles. The Labute approximate surface area is 224 Å². The van der Waals surface area contributed by atoms with Crippen LogP contribution in [0.4, 0.5) is 0 Å². The number of carboxylic acid groups (broad SMARTS) is 1. The third kappa shape index (κ3) is 5.76. The van der Waals surface area contributed by atoms with Crippen LogP contribution >= 0.6 is 24.0 Å². The van der Waals surface area contributed by atoms with Crippen molar-refractivity contribution in [2.24, 2.45) is 52.3 Å². The summed E-state index contributed by atoms with van der Waals surface area (Å²) in [6.07, 6.45) is 16.4. The van der Waals surface area contributed by atoms with E-state index in [1.165, 1.54) is 64.2 Å². The third-order valence-corrected chi connectivity index (χ3v) is 12.6. The Morgan fingerprint density at radius 1 is 1.00 bits per heavy atom. The van der Waals surface area contributed by atoms with E-state index in [2.05, 4.69) is 34.6 Å². The molecular weight excluding hydrogens is 472 g/mol. The number of hydrogen-bond acceptors (Lipinski definition) is 4. The van der Waals surface area contributed by atoms with E-state index >= 15 is 0 Å². The van der Waals surface area contributed by atoms with Gasteiger partial charge in [0.1, 0.15) is 6.10 Å². The van der Waals surface area contributed by atoms with Gasteiger partial charge in [-0.05, 0) is 122 Å². The topological polar surface area (TPSA) is 46.5 Å². The SMILES string of the molecule is CC(C)CCC[C@@H](C)[C@H]1CC[C@H]2[C@@H]3CC[C@H]4C[C@@H](OC(=S)SCC(=O)O)CC[C@]4(C)[C@H]3CC[C@]12C. The van der Waals surface area contributed by atoms with Crippen LogP contribution in [0.1, 0.15) is 112 Å². The average molecular weight is 523 g/mol. The first-order valence-corrected chi connectivity index (χ1v) is 16.0. The number of carbonyl (C=O) groups is 1. The summed E-state index contributed by atoms with van der Waals surface area (Å²) in [6, 6.07) is 0. The summed E-state index contributed by atoms with van der Waals surface area (Å²) >= 11 is 6.48. The highest BCUT2D eigenvalue weighted by molar-refractivity contribution is 8.23. The van der Waals surface area contributed by atoms with Crippen LogP contribution in [-0.4, -0.2) is 27.3 Å². The minimum Gasteiger partial charge on any atom is -0.481 e. The molecule has 200 valence electrons. The zero-order valence-corrected chi connectivity index (χ0v) is 24.5. The zero-order chi connectivity index (χ0) is 25.4. The molecule has 4 aliphatic carbocycles. The van der Waals surface area contributed by atoms with Crippen LogP contribution in [0.5, 0.6) is 0 Å².